The Kier molecular flexibility index (Phi) is 8.33. The van der Waals surface area contributed by atoms with Gasteiger partial charge in [-0.05, 0) is 44.2 Å². The minimum atomic E-state index is -4.35. The quantitative estimate of drug-likeness (QED) is 0.524. The number of hydrogen-bond donors (Lipinski definition) is 1. The molecule has 0 spiro atoms. The molecule has 0 bridgehead atoms. The lowest BCUT2D eigenvalue weighted by Crippen LogP contribution is -2.49. The maximum Gasteiger partial charge on any atom is 0.416 e. The lowest BCUT2D eigenvalue weighted by Gasteiger charge is -2.37. The predicted octanol–water partition coefficient (Wildman–Crippen LogP) is 5.17. The number of hydrogen-bond acceptors (Lipinski definition) is 5. The highest BCUT2D eigenvalue weighted by atomic mass is 79.9. The molecule has 0 aliphatic carbocycles. The fourth-order valence-corrected chi connectivity index (χ4v) is 4.84. The number of rotatable bonds is 6. The summed E-state index contributed by atoms with van der Waals surface area (Å²) < 4.78 is 51.8. The van der Waals surface area contributed by atoms with Gasteiger partial charge < -0.3 is 19.5 Å². The van der Waals surface area contributed by atoms with Gasteiger partial charge in [0.1, 0.15) is 18.3 Å². The Morgan fingerprint density at radius 1 is 1.15 bits per heavy atom. The molecule has 0 saturated carbocycles. The smallest absolute Gasteiger partial charge is 0.416 e. The number of ether oxygens (including phenoxy) is 2. The number of aliphatic hydroxyl groups excluding tert-OH is 1. The van der Waals surface area contributed by atoms with E-state index in [0.29, 0.717) is 44.2 Å². The second kappa shape index (κ2) is 10.5. The monoisotopic (exact) mass is 564 g/mol. The van der Waals surface area contributed by atoms with Crippen molar-refractivity contribution in [3.8, 4) is 11.5 Å². The van der Waals surface area contributed by atoms with Crippen LogP contribution < -0.4 is 14.4 Å². The molecule has 10 heteroatoms. The number of alkyl halides is 3. The first-order valence-electron chi connectivity index (χ1n) is 11.0. The first-order valence-corrected chi connectivity index (χ1v) is 11.8. The molecule has 1 fully saturated rings. The summed E-state index contributed by atoms with van der Waals surface area (Å²) in [6, 6.07) is 9.29. The molecule has 34 heavy (non-hydrogen) atoms. The second-order valence-electron chi connectivity index (χ2n) is 9.23. The molecule has 4 rings (SSSR count). The molecular weight excluding hydrogens is 537 g/mol. The molecule has 0 radical (unpaired) electrons. The first kappa shape index (κ1) is 26.9. The van der Waals surface area contributed by atoms with E-state index in [1.165, 1.54) is 12.1 Å². The van der Waals surface area contributed by atoms with Gasteiger partial charge in [0.2, 0.25) is 0 Å². The summed E-state index contributed by atoms with van der Waals surface area (Å²) in [5, 5.41) is 10.5. The Morgan fingerprint density at radius 2 is 1.85 bits per heavy atom. The summed E-state index contributed by atoms with van der Waals surface area (Å²) in [7, 11) is 0. The van der Waals surface area contributed by atoms with Gasteiger partial charge in [0.05, 0.1) is 5.56 Å². The third-order valence-electron chi connectivity index (χ3n) is 5.90. The fraction of sp³-hybridized carbons (Fsp3) is 0.500. The summed E-state index contributed by atoms with van der Waals surface area (Å²) in [6.45, 7) is 7.10. The Balaban J connectivity index is 0.00000324. The topological polar surface area (TPSA) is 45.2 Å². The lowest BCUT2D eigenvalue weighted by atomic mass is 10.0. The maximum absolute atomic E-state index is 13.0. The molecule has 2 aliphatic heterocycles. The number of aliphatic hydroxyl groups is 1. The largest absolute Gasteiger partial charge is 0.487 e. The van der Waals surface area contributed by atoms with E-state index in [4.69, 9.17) is 9.47 Å². The van der Waals surface area contributed by atoms with E-state index in [1.807, 2.05) is 30.9 Å². The van der Waals surface area contributed by atoms with Crippen LogP contribution in [0.1, 0.15) is 25.0 Å². The summed E-state index contributed by atoms with van der Waals surface area (Å²) in [6.07, 6.45) is -4.26. The molecule has 5 nitrogen and oxygen atoms in total. The molecule has 2 aromatic rings. The van der Waals surface area contributed by atoms with Crippen molar-refractivity contribution < 1.29 is 27.8 Å². The van der Waals surface area contributed by atoms with Crippen LogP contribution in [0.4, 0.5) is 18.9 Å². The molecule has 1 atom stereocenters. The number of fused-ring (bicyclic) bond motifs is 1. The van der Waals surface area contributed by atoms with Crippen molar-refractivity contribution in [2.45, 2.75) is 38.1 Å². The molecule has 0 aromatic heterocycles. The molecular formula is C24H29BrClF3N2O3. The molecule has 1 N–H and O–H groups in total. The van der Waals surface area contributed by atoms with Gasteiger partial charge in [0.25, 0.3) is 0 Å². The zero-order valence-electron chi connectivity index (χ0n) is 19.1. The average Bonchev–Trinajstić information content (AvgIpc) is 3.06. The van der Waals surface area contributed by atoms with Crippen molar-refractivity contribution in [2.24, 2.45) is 0 Å². The molecule has 0 amide bonds. The van der Waals surface area contributed by atoms with Gasteiger partial charge in [0, 0.05) is 54.9 Å². The van der Waals surface area contributed by atoms with Crippen molar-refractivity contribution >= 4 is 34.0 Å². The molecule has 2 heterocycles. The van der Waals surface area contributed by atoms with Crippen LogP contribution in [-0.4, -0.2) is 61.0 Å². The van der Waals surface area contributed by atoms with Gasteiger partial charge in [0.15, 0.2) is 11.5 Å². The maximum atomic E-state index is 13.0. The number of piperazine rings is 1. The highest BCUT2D eigenvalue weighted by molar-refractivity contribution is 9.10. The number of halogens is 5. The third-order valence-corrected chi connectivity index (χ3v) is 6.36. The number of benzene rings is 2. The number of anilines is 1. The fourth-order valence-electron chi connectivity index (χ4n) is 4.35. The van der Waals surface area contributed by atoms with Crippen LogP contribution in [0.2, 0.25) is 0 Å². The van der Waals surface area contributed by atoms with E-state index in [9.17, 15) is 18.3 Å². The van der Waals surface area contributed by atoms with Crippen molar-refractivity contribution in [3.63, 3.8) is 0 Å². The zero-order chi connectivity index (χ0) is 23.8. The molecule has 1 unspecified atom stereocenters. The summed E-state index contributed by atoms with van der Waals surface area (Å²) >= 11 is 3.51. The SMILES string of the molecule is CC1(C)Cc2cc(Br)cc(OCC(O)CN3CCN(c4cccc(C(F)(F)F)c4)CC3)c2O1.Cl. The predicted molar refractivity (Wildman–Crippen MR) is 131 cm³/mol. The van der Waals surface area contributed by atoms with Crippen molar-refractivity contribution in [1.29, 1.82) is 0 Å². The van der Waals surface area contributed by atoms with Crippen LogP contribution in [0.3, 0.4) is 0 Å². The van der Waals surface area contributed by atoms with Crippen LogP contribution in [0.25, 0.3) is 0 Å². The minimum Gasteiger partial charge on any atom is -0.487 e. The van der Waals surface area contributed by atoms with Gasteiger partial charge in [-0.15, -0.1) is 12.4 Å². The molecule has 2 aromatic carbocycles. The van der Waals surface area contributed by atoms with Crippen molar-refractivity contribution in [2.75, 3.05) is 44.2 Å². The van der Waals surface area contributed by atoms with Crippen LogP contribution in [0, 0.1) is 0 Å². The molecule has 188 valence electrons. The van der Waals surface area contributed by atoms with Crippen LogP contribution in [0.15, 0.2) is 40.9 Å². The number of β-amino-alcohol motifs (C(OH)–C–C–N with tert-alkyl or cyclic N) is 1. The van der Waals surface area contributed by atoms with E-state index in [2.05, 4.69) is 20.8 Å². The Labute approximate surface area is 212 Å². The summed E-state index contributed by atoms with van der Waals surface area (Å²) in [5.74, 6) is 1.34. The van der Waals surface area contributed by atoms with Gasteiger partial charge in [-0.2, -0.15) is 13.2 Å². The van der Waals surface area contributed by atoms with E-state index in [-0.39, 0.29) is 24.6 Å². The van der Waals surface area contributed by atoms with Gasteiger partial charge in [-0.1, -0.05) is 22.0 Å². The number of nitrogens with zero attached hydrogens (tertiary/aromatic N) is 2. The third kappa shape index (κ3) is 6.50. The van der Waals surface area contributed by atoms with Crippen molar-refractivity contribution in [1.82, 2.24) is 4.90 Å². The highest BCUT2D eigenvalue weighted by Crippen LogP contribution is 2.44. The van der Waals surface area contributed by atoms with E-state index in [1.54, 1.807) is 6.07 Å². The zero-order valence-corrected chi connectivity index (χ0v) is 21.5. The van der Waals surface area contributed by atoms with E-state index >= 15 is 0 Å². The summed E-state index contributed by atoms with van der Waals surface area (Å²) in [5.41, 5.74) is 0.713. The normalized spacial score (nSPS) is 18.6. The molecule has 2 aliphatic rings. The molecule has 1 saturated heterocycles. The first-order chi connectivity index (χ1) is 15.5. The average molecular weight is 566 g/mol. The highest BCUT2D eigenvalue weighted by Gasteiger charge is 2.33. The summed E-state index contributed by atoms with van der Waals surface area (Å²) in [4.78, 5) is 4.04. The van der Waals surface area contributed by atoms with E-state index < -0.39 is 17.8 Å². The van der Waals surface area contributed by atoms with Crippen LogP contribution in [0.5, 0.6) is 11.5 Å². The lowest BCUT2D eigenvalue weighted by molar-refractivity contribution is -0.137. The van der Waals surface area contributed by atoms with Gasteiger partial charge in [-0.3, -0.25) is 4.90 Å². The van der Waals surface area contributed by atoms with Gasteiger partial charge >= 0.3 is 6.18 Å². The van der Waals surface area contributed by atoms with E-state index in [0.717, 1.165) is 28.3 Å². The van der Waals surface area contributed by atoms with Crippen LogP contribution >= 0.6 is 28.3 Å². The Hall–Kier alpha value is -1.68. The Morgan fingerprint density at radius 3 is 2.53 bits per heavy atom. The van der Waals surface area contributed by atoms with Crippen molar-refractivity contribution in [3.05, 3.63) is 52.0 Å². The minimum absolute atomic E-state index is 0. The Bertz CT molecular complexity index is 998. The van der Waals surface area contributed by atoms with Crippen LogP contribution in [-0.2, 0) is 12.6 Å². The standard InChI is InChI=1S/C24H28BrF3N2O3.ClH/c1-23(2)13-16-10-18(25)12-21(22(16)33-23)32-15-20(31)14-29-6-8-30(9-7-29)19-5-3-4-17(11-19)24(26,27)28;/h3-5,10-12,20,31H,6-9,13-15H2,1-2H3;1H. The second-order valence-corrected chi connectivity index (χ2v) is 10.1. The van der Waals surface area contributed by atoms with Gasteiger partial charge in [-0.25, -0.2) is 0 Å².